The van der Waals surface area contributed by atoms with Gasteiger partial charge in [-0.25, -0.2) is 4.98 Å². The van der Waals surface area contributed by atoms with Crippen LogP contribution in [0.2, 0.25) is 0 Å². The molecule has 2 aromatic heterocycles. The molecular formula is C16H16N4O. The third kappa shape index (κ3) is 3.08. The van der Waals surface area contributed by atoms with E-state index in [0.717, 1.165) is 22.4 Å². The highest BCUT2D eigenvalue weighted by molar-refractivity contribution is 5.79. The van der Waals surface area contributed by atoms with Crippen molar-refractivity contribution in [3.63, 3.8) is 0 Å². The zero-order valence-electron chi connectivity index (χ0n) is 11.7. The Kier molecular flexibility index (Phi) is 3.64. The van der Waals surface area contributed by atoms with Gasteiger partial charge in [0.1, 0.15) is 5.82 Å². The average molecular weight is 280 g/mol. The second-order valence-electron chi connectivity index (χ2n) is 4.97. The summed E-state index contributed by atoms with van der Waals surface area (Å²) in [5.41, 5.74) is 2.77. The van der Waals surface area contributed by atoms with Crippen LogP contribution in [0.15, 0.2) is 48.8 Å². The van der Waals surface area contributed by atoms with Crippen molar-refractivity contribution in [3.05, 3.63) is 60.2 Å². The van der Waals surface area contributed by atoms with Gasteiger partial charge in [-0.2, -0.15) is 0 Å². The number of aromatic nitrogens is 3. The molecule has 0 aliphatic rings. The first-order valence-electron chi connectivity index (χ1n) is 6.85. The van der Waals surface area contributed by atoms with Crippen LogP contribution in [-0.4, -0.2) is 20.9 Å². The van der Waals surface area contributed by atoms with Gasteiger partial charge in [0.05, 0.1) is 23.5 Å². The summed E-state index contributed by atoms with van der Waals surface area (Å²) in [7, 11) is 0. The number of nitrogens with one attached hydrogen (secondary N) is 2. The fraction of sp³-hybridized carbons (Fsp3) is 0.188. The van der Waals surface area contributed by atoms with Crippen LogP contribution in [0.3, 0.4) is 0 Å². The topological polar surface area (TPSA) is 70.7 Å². The van der Waals surface area contributed by atoms with E-state index in [2.05, 4.69) is 20.3 Å². The average Bonchev–Trinajstić information content (AvgIpc) is 2.92. The lowest BCUT2D eigenvalue weighted by molar-refractivity contribution is -0.121. The van der Waals surface area contributed by atoms with Crippen LogP contribution in [0.25, 0.3) is 11.0 Å². The number of aromatic amines is 1. The molecule has 1 atom stereocenters. The number of nitrogens with zero attached hydrogens (tertiary/aromatic N) is 2. The maximum absolute atomic E-state index is 12.0. The van der Waals surface area contributed by atoms with Crippen LogP contribution < -0.4 is 5.32 Å². The van der Waals surface area contributed by atoms with Gasteiger partial charge < -0.3 is 10.3 Å². The Balaban J connectivity index is 1.68. The molecule has 3 rings (SSSR count). The van der Waals surface area contributed by atoms with E-state index in [9.17, 15) is 4.79 Å². The molecule has 0 spiro atoms. The third-order valence-electron chi connectivity index (χ3n) is 3.28. The summed E-state index contributed by atoms with van der Waals surface area (Å²) in [5.74, 6) is 0.715. The monoisotopic (exact) mass is 280 g/mol. The van der Waals surface area contributed by atoms with Crippen LogP contribution in [0.1, 0.15) is 24.4 Å². The lowest BCUT2D eigenvalue weighted by Gasteiger charge is -2.11. The summed E-state index contributed by atoms with van der Waals surface area (Å²) in [6.07, 6.45) is 3.71. The summed E-state index contributed by atoms with van der Waals surface area (Å²) in [5, 5.41) is 2.95. The summed E-state index contributed by atoms with van der Waals surface area (Å²) in [6.45, 7) is 1.92. The van der Waals surface area contributed by atoms with Gasteiger partial charge in [0, 0.05) is 12.4 Å². The van der Waals surface area contributed by atoms with Gasteiger partial charge in [-0.1, -0.05) is 18.2 Å². The highest BCUT2D eigenvalue weighted by atomic mass is 16.1. The van der Waals surface area contributed by atoms with E-state index in [0.29, 0.717) is 6.42 Å². The molecule has 0 aliphatic heterocycles. The van der Waals surface area contributed by atoms with E-state index in [4.69, 9.17) is 0 Å². The number of carbonyl (C=O) groups excluding carboxylic acids is 1. The molecule has 0 saturated carbocycles. The molecule has 0 saturated heterocycles. The largest absolute Gasteiger partial charge is 0.346 e. The normalized spacial score (nSPS) is 12.2. The van der Waals surface area contributed by atoms with Gasteiger partial charge >= 0.3 is 0 Å². The molecule has 1 unspecified atom stereocenters. The zero-order chi connectivity index (χ0) is 14.7. The second-order valence-corrected chi connectivity index (χ2v) is 4.97. The number of para-hydroxylation sites is 2. The van der Waals surface area contributed by atoms with E-state index in [1.807, 2.05) is 43.3 Å². The fourth-order valence-corrected chi connectivity index (χ4v) is 2.23. The Hall–Kier alpha value is -2.69. The molecular weight excluding hydrogens is 264 g/mol. The predicted molar refractivity (Wildman–Crippen MR) is 80.6 cm³/mol. The van der Waals surface area contributed by atoms with Crippen LogP contribution >= 0.6 is 0 Å². The molecule has 5 nitrogen and oxygen atoms in total. The molecule has 0 radical (unpaired) electrons. The Morgan fingerprint density at radius 2 is 2.14 bits per heavy atom. The lowest BCUT2D eigenvalue weighted by atomic mass is 10.2. The molecule has 2 heterocycles. The maximum Gasteiger partial charge on any atom is 0.225 e. The first-order chi connectivity index (χ1) is 10.2. The van der Waals surface area contributed by atoms with Gasteiger partial charge in [-0.15, -0.1) is 0 Å². The minimum absolute atomic E-state index is 0.0454. The van der Waals surface area contributed by atoms with Gasteiger partial charge in [-0.3, -0.25) is 9.78 Å². The minimum Gasteiger partial charge on any atom is -0.346 e. The third-order valence-corrected chi connectivity index (χ3v) is 3.28. The minimum atomic E-state index is -0.165. The highest BCUT2D eigenvalue weighted by Crippen LogP contribution is 2.15. The van der Waals surface area contributed by atoms with Crippen molar-refractivity contribution < 1.29 is 4.79 Å². The number of hydrogen-bond acceptors (Lipinski definition) is 3. The first-order valence-corrected chi connectivity index (χ1v) is 6.85. The molecule has 21 heavy (non-hydrogen) atoms. The van der Waals surface area contributed by atoms with E-state index in [1.54, 1.807) is 12.4 Å². The fourth-order valence-electron chi connectivity index (χ4n) is 2.23. The van der Waals surface area contributed by atoms with Crippen molar-refractivity contribution in [1.29, 1.82) is 0 Å². The van der Waals surface area contributed by atoms with Crippen molar-refractivity contribution in [2.24, 2.45) is 0 Å². The lowest BCUT2D eigenvalue weighted by Crippen LogP contribution is -2.28. The Labute approximate surface area is 122 Å². The van der Waals surface area contributed by atoms with Crippen molar-refractivity contribution in [2.75, 3.05) is 0 Å². The molecule has 1 amide bonds. The van der Waals surface area contributed by atoms with E-state index < -0.39 is 0 Å². The molecule has 5 heteroatoms. The van der Waals surface area contributed by atoms with Crippen molar-refractivity contribution >= 4 is 16.9 Å². The van der Waals surface area contributed by atoms with Crippen LogP contribution in [-0.2, 0) is 11.2 Å². The quantitative estimate of drug-likeness (QED) is 0.770. The number of H-pyrrole nitrogens is 1. The Bertz CT molecular complexity index is 718. The Morgan fingerprint density at radius 1 is 1.29 bits per heavy atom. The van der Waals surface area contributed by atoms with Crippen LogP contribution in [0, 0.1) is 0 Å². The Morgan fingerprint density at radius 3 is 2.90 bits per heavy atom. The predicted octanol–water partition coefficient (Wildman–Crippen LogP) is 2.38. The SMILES string of the molecule is CC(NC(=O)Cc1cccnc1)c1nc2ccccc2[nH]1. The van der Waals surface area contributed by atoms with Crippen molar-refractivity contribution in [1.82, 2.24) is 20.3 Å². The van der Waals surface area contributed by atoms with Crippen molar-refractivity contribution in [2.45, 2.75) is 19.4 Å². The van der Waals surface area contributed by atoms with Gasteiger partial charge in [0.2, 0.25) is 5.91 Å². The second kappa shape index (κ2) is 5.75. The summed E-state index contributed by atoms with van der Waals surface area (Å²) >= 11 is 0. The molecule has 2 N–H and O–H groups in total. The number of benzene rings is 1. The summed E-state index contributed by atoms with van der Waals surface area (Å²) < 4.78 is 0. The molecule has 1 aromatic carbocycles. The molecule has 0 aliphatic carbocycles. The smallest absolute Gasteiger partial charge is 0.225 e. The number of carbonyl (C=O) groups is 1. The molecule has 106 valence electrons. The number of rotatable bonds is 4. The van der Waals surface area contributed by atoms with E-state index in [-0.39, 0.29) is 11.9 Å². The van der Waals surface area contributed by atoms with E-state index in [1.165, 1.54) is 0 Å². The zero-order valence-corrected chi connectivity index (χ0v) is 11.7. The molecule has 0 bridgehead atoms. The number of pyridine rings is 1. The van der Waals surface area contributed by atoms with Crippen LogP contribution in [0.4, 0.5) is 0 Å². The number of fused-ring (bicyclic) bond motifs is 1. The standard InChI is InChI=1S/C16H16N4O/c1-11(16-19-13-6-2-3-7-14(13)20-16)18-15(21)9-12-5-4-8-17-10-12/h2-8,10-11H,9H2,1H3,(H,18,21)(H,19,20). The van der Waals surface area contributed by atoms with Gasteiger partial charge in [-0.05, 0) is 30.7 Å². The number of imidazole rings is 1. The first kappa shape index (κ1) is 13.3. The number of amides is 1. The van der Waals surface area contributed by atoms with Crippen LogP contribution in [0.5, 0.6) is 0 Å². The van der Waals surface area contributed by atoms with Gasteiger partial charge in [0.15, 0.2) is 0 Å². The maximum atomic E-state index is 12.0. The van der Waals surface area contributed by atoms with E-state index >= 15 is 0 Å². The number of hydrogen-bond donors (Lipinski definition) is 2. The van der Waals surface area contributed by atoms with Crippen molar-refractivity contribution in [3.8, 4) is 0 Å². The summed E-state index contributed by atoms with van der Waals surface area (Å²) in [4.78, 5) is 23.8. The molecule has 0 fully saturated rings. The summed E-state index contributed by atoms with van der Waals surface area (Å²) in [6, 6.07) is 11.4. The highest BCUT2D eigenvalue weighted by Gasteiger charge is 2.13. The molecule has 3 aromatic rings. The van der Waals surface area contributed by atoms with Gasteiger partial charge in [0.25, 0.3) is 0 Å².